The second-order valence-corrected chi connectivity index (χ2v) is 7.37. The zero-order valence-electron chi connectivity index (χ0n) is 13.1. The zero-order chi connectivity index (χ0) is 17.4. The van der Waals surface area contributed by atoms with E-state index in [-0.39, 0.29) is 5.82 Å². The van der Waals surface area contributed by atoms with Crippen LogP contribution in [0.15, 0.2) is 80.3 Å². The van der Waals surface area contributed by atoms with Crippen LogP contribution in [0.2, 0.25) is 0 Å². The minimum absolute atomic E-state index is 0.268. The van der Waals surface area contributed by atoms with Gasteiger partial charge < -0.3 is 0 Å². The Morgan fingerprint density at radius 1 is 1.00 bits per heavy atom. The minimum Gasteiger partial charge on any atom is -0.274 e. The maximum atomic E-state index is 13.8. The molecule has 2 radical (unpaired) electrons. The molecule has 25 heavy (non-hydrogen) atoms. The number of aliphatic imine (C=N–C) groups is 1. The fraction of sp³-hybridized carbons (Fsp3) is 0. The molecule has 1 heterocycles. The van der Waals surface area contributed by atoms with Crippen LogP contribution in [0.3, 0.4) is 0 Å². The van der Waals surface area contributed by atoms with Gasteiger partial charge in [0.25, 0.3) is 0 Å². The lowest BCUT2D eigenvalue weighted by atomic mass is 9.91. The van der Waals surface area contributed by atoms with Crippen LogP contribution in [0.5, 0.6) is 0 Å². The summed E-state index contributed by atoms with van der Waals surface area (Å²) in [5.74, 6) is -0.268. The van der Waals surface area contributed by atoms with Crippen molar-refractivity contribution in [3.63, 3.8) is 0 Å². The van der Waals surface area contributed by atoms with Gasteiger partial charge in [0.05, 0.1) is 11.4 Å². The van der Waals surface area contributed by atoms with Crippen molar-refractivity contribution in [3.05, 3.63) is 77.6 Å². The molecule has 0 unspecified atom stereocenters. The van der Waals surface area contributed by atoms with Crippen molar-refractivity contribution in [2.45, 2.75) is 14.7 Å². The highest BCUT2D eigenvalue weighted by atomic mass is 32.2. The lowest BCUT2D eigenvalue weighted by Gasteiger charge is -2.10. The van der Waals surface area contributed by atoms with Crippen LogP contribution in [0, 0.1) is 5.82 Å². The van der Waals surface area contributed by atoms with Crippen LogP contribution in [-0.2, 0) is 0 Å². The first-order chi connectivity index (χ1) is 12.1. The number of hydrogen-bond acceptors (Lipinski definition) is 4. The van der Waals surface area contributed by atoms with E-state index in [2.05, 4.69) is 0 Å². The quantitative estimate of drug-likeness (QED) is 0.429. The van der Waals surface area contributed by atoms with Crippen LogP contribution in [0.1, 0.15) is 11.1 Å². The largest absolute Gasteiger partial charge is 0.274 e. The van der Waals surface area contributed by atoms with Gasteiger partial charge in [-0.05, 0) is 48.3 Å². The van der Waals surface area contributed by atoms with Gasteiger partial charge in [-0.1, -0.05) is 41.5 Å². The normalized spacial score (nSPS) is 12.8. The summed E-state index contributed by atoms with van der Waals surface area (Å²) in [5, 5.41) is 5.69. The number of benzene rings is 3. The Balaban J connectivity index is 1.99. The highest BCUT2D eigenvalue weighted by molar-refractivity contribution is 7.99. The van der Waals surface area contributed by atoms with E-state index in [0.717, 1.165) is 37.2 Å². The monoisotopic (exact) mass is 362 g/mol. The topological polar surface area (TPSA) is 38.4 Å². The standard InChI is InChI=1S/C19H12BFN2S2/c20-12-3-1-2-11(8-12)19-15-6-4-13(21)9-18(15)24-17-7-5-14(25-22)10-16(17)23-19/h1-10H,22H2. The molecule has 1 aliphatic heterocycles. The van der Waals surface area contributed by atoms with Crippen molar-refractivity contribution in [3.8, 4) is 0 Å². The summed E-state index contributed by atoms with van der Waals surface area (Å²) in [4.78, 5) is 7.59. The van der Waals surface area contributed by atoms with Gasteiger partial charge in [0, 0.05) is 25.8 Å². The van der Waals surface area contributed by atoms with Gasteiger partial charge in [-0.3, -0.25) is 5.14 Å². The van der Waals surface area contributed by atoms with E-state index in [1.54, 1.807) is 12.1 Å². The van der Waals surface area contributed by atoms with Crippen molar-refractivity contribution in [1.82, 2.24) is 0 Å². The molecule has 3 aromatic carbocycles. The third-order valence-corrected chi connectivity index (χ3v) is 5.53. The molecule has 0 saturated carbocycles. The predicted molar refractivity (Wildman–Crippen MR) is 104 cm³/mol. The second-order valence-electron chi connectivity index (χ2n) is 5.58. The average molecular weight is 362 g/mol. The maximum Gasteiger partial charge on any atom is 0.124 e. The molecule has 2 N–H and O–H groups in total. The van der Waals surface area contributed by atoms with Crippen molar-refractivity contribution in [2.75, 3.05) is 0 Å². The van der Waals surface area contributed by atoms with Crippen molar-refractivity contribution < 1.29 is 4.39 Å². The Bertz CT molecular complexity index is 1000. The van der Waals surface area contributed by atoms with Crippen molar-refractivity contribution in [2.24, 2.45) is 10.1 Å². The maximum absolute atomic E-state index is 13.8. The van der Waals surface area contributed by atoms with Crippen LogP contribution >= 0.6 is 23.7 Å². The lowest BCUT2D eigenvalue weighted by molar-refractivity contribution is 0.624. The molecule has 0 saturated heterocycles. The number of nitrogens with zero attached hydrogens (tertiary/aromatic N) is 1. The van der Waals surface area contributed by atoms with Crippen LogP contribution in [0.25, 0.3) is 0 Å². The first kappa shape index (κ1) is 16.5. The van der Waals surface area contributed by atoms with E-state index in [0.29, 0.717) is 5.46 Å². The molecule has 1 aliphatic rings. The highest BCUT2D eigenvalue weighted by Gasteiger charge is 2.20. The smallest absolute Gasteiger partial charge is 0.124 e. The van der Waals surface area contributed by atoms with Crippen LogP contribution < -0.4 is 10.6 Å². The zero-order valence-corrected chi connectivity index (χ0v) is 14.7. The summed E-state index contributed by atoms with van der Waals surface area (Å²) in [6.07, 6.45) is 0. The lowest BCUT2D eigenvalue weighted by Crippen LogP contribution is -2.09. The summed E-state index contributed by atoms with van der Waals surface area (Å²) in [6.45, 7) is 0. The van der Waals surface area contributed by atoms with E-state index < -0.39 is 0 Å². The summed E-state index contributed by atoms with van der Waals surface area (Å²) < 4.78 is 13.8. The van der Waals surface area contributed by atoms with Crippen molar-refractivity contribution in [1.29, 1.82) is 0 Å². The fourth-order valence-electron chi connectivity index (χ4n) is 2.73. The van der Waals surface area contributed by atoms with Gasteiger partial charge in [-0.15, -0.1) is 0 Å². The Labute approximate surface area is 155 Å². The number of rotatable bonds is 2. The third kappa shape index (κ3) is 3.25. The Hall–Kier alpha value is -2.02. The fourth-order valence-corrected chi connectivity index (χ4v) is 4.08. The molecule has 0 atom stereocenters. The molecule has 120 valence electrons. The molecule has 0 aromatic heterocycles. The molecule has 6 heteroatoms. The van der Waals surface area contributed by atoms with Crippen molar-refractivity contribution >= 4 is 48.4 Å². The molecular formula is C19H12BFN2S2. The van der Waals surface area contributed by atoms with Crippen LogP contribution in [0.4, 0.5) is 10.1 Å². The molecule has 3 aromatic rings. The molecule has 0 spiro atoms. The first-order valence-electron chi connectivity index (χ1n) is 7.57. The van der Waals surface area contributed by atoms with Crippen LogP contribution in [-0.4, -0.2) is 13.6 Å². The molecule has 0 amide bonds. The number of halogens is 1. The molecule has 0 aliphatic carbocycles. The minimum atomic E-state index is -0.268. The SMILES string of the molecule is [B]c1cccc(C2=Nc3cc(SN)ccc3Sc3cc(F)ccc32)c1. The summed E-state index contributed by atoms with van der Waals surface area (Å²) in [7, 11) is 5.95. The third-order valence-electron chi connectivity index (χ3n) is 3.88. The molecular weight excluding hydrogens is 350 g/mol. The van der Waals surface area contributed by atoms with Gasteiger partial charge in [0.1, 0.15) is 13.7 Å². The second kappa shape index (κ2) is 6.71. The molecule has 0 bridgehead atoms. The summed E-state index contributed by atoms with van der Waals surface area (Å²) in [6, 6.07) is 18.2. The Kier molecular flexibility index (Phi) is 4.42. The number of fused-ring (bicyclic) bond motifs is 2. The molecule has 0 fully saturated rings. The van der Waals surface area contributed by atoms with Gasteiger partial charge in [0.2, 0.25) is 0 Å². The predicted octanol–water partition coefficient (Wildman–Crippen LogP) is 4.22. The van der Waals surface area contributed by atoms with E-state index in [9.17, 15) is 4.39 Å². The van der Waals surface area contributed by atoms with E-state index in [1.165, 1.54) is 29.8 Å². The molecule has 2 nitrogen and oxygen atoms in total. The average Bonchev–Trinajstić information content (AvgIpc) is 2.77. The van der Waals surface area contributed by atoms with E-state index in [1.807, 2.05) is 42.5 Å². The summed E-state index contributed by atoms with van der Waals surface area (Å²) >= 11 is 2.68. The van der Waals surface area contributed by atoms with Gasteiger partial charge in [0.15, 0.2) is 0 Å². The van der Waals surface area contributed by atoms with Gasteiger partial charge in [-0.25, -0.2) is 9.38 Å². The Morgan fingerprint density at radius 2 is 1.88 bits per heavy atom. The molecule has 4 rings (SSSR count). The van der Waals surface area contributed by atoms with E-state index in [4.69, 9.17) is 18.0 Å². The number of hydrogen-bond donors (Lipinski definition) is 1. The first-order valence-corrected chi connectivity index (χ1v) is 9.27. The Morgan fingerprint density at radius 3 is 2.68 bits per heavy atom. The summed E-state index contributed by atoms with van der Waals surface area (Å²) in [5.41, 5.74) is 4.02. The van der Waals surface area contributed by atoms with Gasteiger partial charge >= 0.3 is 0 Å². The van der Waals surface area contributed by atoms with E-state index >= 15 is 0 Å². The van der Waals surface area contributed by atoms with Gasteiger partial charge in [-0.2, -0.15) is 0 Å². The highest BCUT2D eigenvalue weighted by Crippen LogP contribution is 2.42. The number of nitrogens with two attached hydrogens (primary N) is 1.